The second-order valence-electron chi connectivity index (χ2n) is 4.87. The largest absolute Gasteiger partial charge is 0.344 e. The predicted octanol–water partition coefficient (Wildman–Crippen LogP) is 3.99. The number of benzene rings is 1. The molecule has 17 heavy (non-hydrogen) atoms. The maximum Gasteiger partial charge on any atom is 0.284 e. The molecule has 0 saturated heterocycles. The zero-order chi connectivity index (χ0) is 12.3. The average molecular weight is 249 g/mol. The molecule has 2 rings (SSSR count). The fraction of sp³-hybridized carbons (Fsp3) is 0.500. The van der Waals surface area contributed by atoms with Gasteiger partial charge >= 0.3 is 0 Å². The first-order valence-electron chi connectivity index (χ1n) is 6.20. The second kappa shape index (κ2) is 5.58. The Morgan fingerprint density at radius 3 is 2.88 bits per heavy atom. The Kier molecular flexibility index (Phi) is 4.11. The minimum absolute atomic E-state index is 0.0781. The van der Waals surface area contributed by atoms with Crippen LogP contribution in [0.25, 0.3) is 0 Å². The summed E-state index contributed by atoms with van der Waals surface area (Å²) in [5.74, 6) is 0.622. The van der Waals surface area contributed by atoms with Crippen molar-refractivity contribution in [2.45, 2.75) is 44.0 Å². The summed E-state index contributed by atoms with van der Waals surface area (Å²) in [7, 11) is 0. The Bertz CT molecular complexity index is 405. The maximum absolute atomic E-state index is 11.9. The van der Waals surface area contributed by atoms with Crippen LogP contribution in [0.5, 0.6) is 0 Å². The number of carbonyl (C=O) groups is 1. The van der Waals surface area contributed by atoms with Crippen LogP contribution in [-0.2, 0) is 0 Å². The fourth-order valence-electron chi connectivity index (χ4n) is 2.33. The monoisotopic (exact) mass is 249 g/mol. The number of thioether (sulfide) groups is 1. The first-order chi connectivity index (χ1) is 8.15. The van der Waals surface area contributed by atoms with Gasteiger partial charge in [-0.05, 0) is 49.6 Å². The van der Waals surface area contributed by atoms with E-state index in [2.05, 4.69) is 12.2 Å². The normalized spacial score (nSPS) is 23.6. The van der Waals surface area contributed by atoms with E-state index in [1.165, 1.54) is 30.2 Å². The Morgan fingerprint density at radius 2 is 2.24 bits per heavy atom. The Hall–Kier alpha value is -0.960. The quantitative estimate of drug-likeness (QED) is 0.803. The van der Waals surface area contributed by atoms with Gasteiger partial charge < -0.3 is 5.32 Å². The fourth-order valence-corrected chi connectivity index (χ4v) is 3.14. The first kappa shape index (κ1) is 12.5. The van der Waals surface area contributed by atoms with E-state index in [0.29, 0.717) is 12.0 Å². The summed E-state index contributed by atoms with van der Waals surface area (Å²) in [5, 5.41) is 3.20. The van der Waals surface area contributed by atoms with Crippen molar-refractivity contribution < 1.29 is 4.79 Å². The van der Waals surface area contributed by atoms with Gasteiger partial charge in [-0.15, -0.1) is 0 Å². The molecule has 1 aliphatic rings. The lowest BCUT2D eigenvalue weighted by Gasteiger charge is -2.16. The first-order valence-corrected chi connectivity index (χ1v) is 7.02. The molecule has 2 nitrogen and oxygen atoms in total. The highest BCUT2D eigenvalue weighted by Crippen LogP contribution is 2.27. The molecule has 0 aliphatic heterocycles. The van der Waals surface area contributed by atoms with Crippen LogP contribution in [0.15, 0.2) is 29.2 Å². The molecule has 1 saturated carbocycles. The van der Waals surface area contributed by atoms with Crippen LogP contribution in [0.4, 0.5) is 4.79 Å². The molecular formula is C14H19NOS. The maximum atomic E-state index is 11.9. The molecule has 0 aromatic heterocycles. The van der Waals surface area contributed by atoms with Crippen LogP contribution in [0, 0.1) is 12.8 Å². The summed E-state index contributed by atoms with van der Waals surface area (Å²) in [6.45, 7) is 4.26. The van der Waals surface area contributed by atoms with E-state index in [1.54, 1.807) is 0 Å². The van der Waals surface area contributed by atoms with Gasteiger partial charge in [-0.25, -0.2) is 0 Å². The van der Waals surface area contributed by atoms with Crippen molar-refractivity contribution in [2.24, 2.45) is 5.92 Å². The van der Waals surface area contributed by atoms with Crippen LogP contribution >= 0.6 is 11.8 Å². The van der Waals surface area contributed by atoms with E-state index >= 15 is 0 Å². The van der Waals surface area contributed by atoms with Gasteiger partial charge in [0.2, 0.25) is 0 Å². The Balaban J connectivity index is 1.89. The van der Waals surface area contributed by atoms with Crippen LogP contribution in [-0.4, -0.2) is 11.3 Å². The zero-order valence-electron chi connectivity index (χ0n) is 10.4. The molecule has 2 atom stereocenters. The van der Waals surface area contributed by atoms with E-state index in [1.807, 2.05) is 31.2 Å². The number of carbonyl (C=O) groups excluding carboxylic acids is 1. The molecule has 1 aromatic carbocycles. The van der Waals surface area contributed by atoms with Crippen LogP contribution < -0.4 is 5.32 Å². The molecule has 0 bridgehead atoms. The third kappa shape index (κ3) is 3.50. The average Bonchev–Trinajstić information content (AvgIpc) is 2.64. The lowest BCUT2D eigenvalue weighted by atomic mass is 10.1. The minimum atomic E-state index is 0.0781. The van der Waals surface area contributed by atoms with Crippen molar-refractivity contribution in [1.82, 2.24) is 5.32 Å². The molecule has 0 spiro atoms. The van der Waals surface area contributed by atoms with E-state index in [0.717, 1.165) is 11.3 Å². The smallest absolute Gasteiger partial charge is 0.284 e. The van der Waals surface area contributed by atoms with Gasteiger partial charge in [0.1, 0.15) is 0 Å². The summed E-state index contributed by atoms with van der Waals surface area (Å²) >= 11 is 1.30. The highest BCUT2D eigenvalue weighted by atomic mass is 32.2. The Labute approximate surface area is 107 Å². The van der Waals surface area contributed by atoms with Crippen LogP contribution in [0.2, 0.25) is 0 Å². The van der Waals surface area contributed by atoms with Crippen molar-refractivity contribution in [3.8, 4) is 0 Å². The highest BCUT2D eigenvalue weighted by Gasteiger charge is 2.24. The molecule has 0 heterocycles. The summed E-state index contributed by atoms with van der Waals surface area (Å²) in [6, 6.07) is 8.43. The molecular weight excluding hydrogens is 230 g/mol. The lowest BCUT2D eigenvalue weighted by Crippen LogP contribution is -2.33. The lowest BCUT2D eigenvalue weighted by molar-refractivity contribution is 0.255. The second-order valence-corrected chi connectivity index (χ2v) is 5.91. The van der Waals surface area contributed by atoms with E-state index in [9.17, 15) is 4.79 Å². The van der Waals surface area contributed by atoms with Gasteiger partial charge in [0, 0.05) is 10.9 Å². The summed E-state index contributed by atoms with van der Waals surface area (Å²) < 4.78 is 0. The van der Waals surface area contributed by atoms with Crippen molar-refractivity contribution in [1.29, 1.82) is 0 Å². The number of hydrogen-bond acceptors (Lipinski definition) is 2. The molecule has 1 amide bonds. The van der Waals surface area contributed by atoms with Gasteiger partial charge in [0.05, 0.1) is 0 Å². The number of rotatable bonds is 2. The van der Waals surface area contributed by atoms with Crippen molar-refractivity contribution in [3.63, 3.8) is 0 Å². The van der Waals surface area contributed by atoms with Crippen molar-refractivity contribution in [2.75, 3.05) is 0 Å². The van der Waals surface area contributed by atoms with Gasteiger partial charge in [0.25, 0.3) is 5.24 Å². The number of nitrogens with one attached hydrogen (secondary N) is 1. The van der Waals surface area contributed by atoms with Crippen molar-refractivity contribution in [3.05, 3.63) is 29.8 Å². The molecule has 92 valence electrons. The third-order valence-corrected chi connectivity index (χ3v) is 4.16. The SMILES string of the molecule is Cc1cccc(SC(=O)NC2CCCC2C)c1. The number of hydrogen-bond donors (Lipinski definition) is 1. The van der Waals surface area contributed by atoms with E-state index in [4.69, 9.17) is 0 Å². The predicted molar refractivity (Wildman–Crippen MR) is 72.4 cm³/mol. The molecule has 0 radical (unpaired) electrons. The van der Waals surface area contributed by atoms with Crippen LogP contribution in [0.1, 0.15) is 31.7 Å². The van der Waals surface area contributed by atoms with Gasteiger partial charge in [-0.1, -0.05) is 31.0 Å². The van der Waals surface area contributed by atoms with Gasteiger partial charge in [0.15, 0.2) is 0 Å². The highest BCUT2D eigenvalue weighted by molar-refractivity contribution is 8.13. The molecule has 1 aromatic rings. The van der Waals surface area contributed by atoms with Gasteiger partial charge in [-0.2, -0.15) is 0 Å². The third-order valence-electron chi connectivity index (χ3n) is 3.36. The van der Waals surface area contributed by atoms with E-state index < -0.39 is 0 Å². The standard InChI is InChI=1S/C14H19NOS/c1-10-5-3-7-12(9-10)17-14(16)15-13-8-4-6-11(13)2/h3,5,7,9,11,13H,4,6,8H2,1-2H3,(H,15,16). The molecule has 3 heteroatoms. The van der Waals surface area contributed by atoms with E-state index in [-0.39, 0.29) is 5.24 Å². The zero-order valence-corrected chi connectivity index (χ0v) is 11.2. The molecule has 2 unspecified atom stereocenters. The Morgan fingerprint density at radius 1 is 1.41 bits per heavy atom. The molecule has 1 N–H and O–H groups in total. The molecule has 1 aliphatic carbocycles. The summed E-state index contributed by atoms with van der Waals surface area (Å²) in [5.41, 5.74) is 1.19. The topological polar surface area (TPSA) is 29.1 Å². The van der Waals surface area contributed by atoms with Crippen molar-refractivity contribution >= 4 is 17.0 Å². The number of amides is 1. The van der Waals surface area contributed by atoms with Crippen LogP contribution in [0.3, 0.4) is 0 Å². The number of aryl methyl sites for hydroxylation is 1. The van der Waals surface area contributed by atoms with Gasteiger partial charge in [-0.3, -0.25) is 4.79 Å². The minimum Gasteiger partial charge on any atom is -0.344 e. The molecule has 1 fully saturated rings. The summed E-state index contributed by atoms with van der Waals surface area (Å²) in [4.78, 5) is 12.9. The summed E-state index contributed by atoms with van der Waals surface area (Å²) in [6.07, 6.45) is 3.60.